The molecule has 1 aromatic carbocycles. The lowest BCUT2D eigenvalue weighted by atomic mass is 9.95. The minimum absolute atomic E-state index is 0.107. The van der Waals surface area contributed by atoms with E-state index in [1.807, 2.05) is 0 Å². The van der Waals surface area contributed by atoms with Crippen molar-refractivity contribution in [2.24, 2.45) is 0 Å². The summed E-state index contributed by atoms with van der Waals surface area (Å²) in [6.45, 7) is 0.174. The highest BCUT2D eigenvalue weighted by atomic mass is 19.1. The molecule has 0 spiro atoms. The number of carbonyl (C=O) groups is 2. The maximum absolute atomic E-state index is 14.7. The van der Waals surface area contributed by atoms with Gasteiger partial charge in [-0.2, -0.15) is 0 Å². The minimum Gasteiger partial charge on any atom is -0.493 e. The average molecular weight is 384 g/mol. The number of ether oxygens (including phenoxy) is 2. The third-order valence-corrected chi connectivity index (χ3v) is 5.02. The van der Waals surface area contributed by atoms with Gasteiger partial charge in [-0.1, -0.05) is 0 Å². The lowest BCUT2D eigenvalue weighted by molar-refractivity contribution is 0.112. The normalized spacial score (nSPS) is 17.6. The molecule has 4 heterocycles. The first-order chi connectivity index (χ1) is 13.6. The molecule has 1 atom stereocenters. The molecule has 1 N–H and O–H groups in total. The van der Waals surface area contributed by atoms with Crippen LogP contribution in [0, 0.1) is 5.82 Å². The molecule has 2 aromatic heterocycles. The Balaban J connectivity index is 1.79. The molecule has 28 heavy (non-hydrogen) atoms. The van der Waals surface area contributed by atoms with Crippen molar-refractivity contribution in [3.8, 4) is 11.5 Å². The first kappa shape index (κ1) is 16.5. The van der Waals surface area contributed by atoms with Crippen molar-refractivity contribution in [2.45, 2.75) is 12.5 Å². The zero-order valence-corrected chi connectivity index (χ0v) is 14.3. The summed E-state index contributed by atoms with van der Waals surface area (Å²) in [6.07, 6.45) is 0.572. The number of fused-ring (bicyclic) bond motifs is 3. The Kier molecular flexibility index (Phi) is 3.48. The Bertz CT molecular complexity index is 1140. The van der Waals surface area contributed by atoms with Crippen molar-refractivity contribution in [3.05, 3.63) is 47.0 Å². The number of aromatic nitrogens is 3. The number of anilines is 1. The molecular formula is C18H13FN4O5. The molecule has 0 bridgehead atoms. The van der Waals surface area contributed by atoms with Gasteiger partial charge in [0.1, 0.15) is 17.9 Å². The molecule has 0 saturated carbocycles. The zero-order valence-electron chi connectivity index (χ0n) is 14.3. The number of carbonyl (C=O) groups excluding carboxylic acids is 1. The Labute approximate surface area is 156 Å². The molecule has 1 amide bonds. The number of nitrogens with zero attached hydrogens (tertiary/aromatic N) is 4. The summed E-state index contributed by atoms with van der Waals surface area (Å²) >= 11 is 0. The van der Waals surface area contributed by atoms with E-state index >= 15 is 0 Å². The second kappa shape index (κ2) is 5.91. The second-order valence-corrected chi connectivity index (χ2v) is 6.56. The largest absolute Gasteiger partial charge is 0.493 e. The Hall–Kier alpha value is -3.69. The highest BCUT2D eigenvalue weighted by molar-refractivity contribution is 5.92. The summed E-state index contributed by atoms with van der Waals surface area (Å²) in [6, 6.07) is 4.22. The molecule has 2 aliphatic heterocycles. The summed E-state index contributed by atoms with van der Waals surface area (Å²) in [7, 11) is 0. The molecule has 142 valence electrons. The number of aldehydes is 1. The number of halogens is 1. The second-order valence-electron chi connectivity index (χ2n) is 6.56. The molecular weight excluding hydrogens is 371 g/mol. The van der Waals surface area contributed by atoms with E-state index < -0.39 is 11.9 Å². The van der Waals surface area contributed by atoms with Gasteiger partial charge in [0.2, 0.25) is 0 Å². The third kappa shape index (κ3) is 2.24. The van der Waals surface area contributed by atoms with Crippen molar-refractivity contribution >= 4 is 23.8 Å². The van der Waals surface area contributed by atoms with E-state index in [9.17, 15) is 19.1 Å². The maximum atomic E-state index is 14.7. The topological polar surface area (TPSA) is 106 Å². The number of hydrogen-bond acceptors (Lipinski definition) is 6. The van der Waals surface area contributed by atoms with Crippen LogP contribution in [0.25, 0.3) is 5.65 Å². The van der Waals surface area contributed by atoms with Crippen molar-refractivity contribution in [1.29, 1.82) is 0 Å². The van der Waals surface area contributed by atoms with Crippen molar-refractivity contribution in [2.75, 3.05) is 18.1 Å². The molecule has 0 fully saturated rings. The summed E-state index contributed by atoms with van der Waals surface area (Å²) in [5, 5.41) is 17.5. The fourth-order valence-corrected chi connectivity index (χ4v) is 3.77. The summed E-state index contributed by atoms with van der Waals surface area (Å²) in [5.74, 6) is 0.00539. The van der Waals surface area contributed by atoms with E-state index in [1.165, 1.54) is 28.9 Å². The highest BCUT2D eigenvalue weighted by Gasteiger charge is 2.35. The molecule has 0 unspecified atom stereocenters. The molecule has 10 heteroatoms. The number of carboxylic acid groups (broad SMARTS) is 1. The number of benzene rings is 1. The predicted octanol–water partition coefficient (Wildman–Crippen LogP) is 2.23. The number of rotatable bonds is 1. The van der Waals surface area contributed by atoms with Gasteiger partial charge in [-0.15, -0.1) is 10.2 Å². The molecule has 3 aromatic rings. The van der Waals surface area contributed by atoms with E-state index in [4.69, 9.17) is 9.47 Å². The van der Waals surface area contributed by atoms with E-state index in [2.05, 4.69) is 10.2 Å². The van der Waals surface area contributed by atoms with Gasteiger partial charge in [0.05, 0.1) is 31.2 Å². The first-order valence-corrected chi connectivity index (χ1v) is 8.47. The molecule has 0 radical (unpaired) electrons. The molecule has 0 saturated heterocycles. The highest BCUT2D eigenvalue weighted by Crippen LogP contribution is 2.42. The summed E-state index contributed by atoms with van der Waals surface area (Å²) in [4.78, 5) is 24.5. The maximum Gasteiger partial charge on any atom is 0.413 e. The van der Waals surface area contributed by atoms with E-state index in [0.717, 1.165) is 4.90 Å². The zero-order chi connectivity index (χ0) is 19.4. The van der Waals surface area contributed by atoms with E-state index in [1.54, 1.807) is 0 Å². The standard InChI is InChI=1S/C18H13FN4O5/c19-12-1-2-13-15-10(6-27-13)7-28-14-3-9(5-24)16-21-20-8-23(16)17(14)22(18(25)26)4-11(12)15/h1-3,5,8,10H,4,6-7H2,(H,25,26)/t10-/m0/s1. The Morgan fingerprint density at radius 1 is 1.29 bits per heavy atom. The van der Waals surface area contributed by atoms with Crippen LogP contribution < -0.4 is 14.4 Å². The van der Waals surface area contributed by atoms with Gasteiger partial charge < -0.3 is 14.6 Å². The smallest absolute Gasteiger partial charge is 0.413 e. The third-order valence-electron chi connectivity index (χ3n) is 5.02. The SMILES string of the molecule is O=Cc1cc2c(n3cnnc13)N(C(=O)O)Cc1c(F)ccc3c1[C@@H](CO3)CO2. The fourth-order valence-electron chi connectivity index (χ4n) is 3.77. The van der Waals surface area contributed by atoms with Crippen molar-refractivity contribution in [1.82, 2.24) is 14.6 Å². The predicted molar refractivity (Wildman–Crippen MR) is 92.7 cm³/mol. The van der Waals surface area contributed by atoms with Crippen molar-refractivity contribution < 1.29 is 28.6 Å². The van der Waals surface area contributed by atoms with Crippen LogP contribution in [0.5, 0.6) is 11.5 Å². The fraction of sp³-hybridized carbons (Fsp3) is 0.222. The van der Waals surface area contributed by atoms with E-state index in [-0.39, 0.29) is 47.4 Å². The Morgan fingerprint density at radius 3 is 2.82 bits per heavy atom. The lowest BCUT2D eigenvalue weighted by Crippen LogP contribution is -2.31. The van der Waals surface area contributed by atoms with Crippen LogP contribution in [0.1, 0.15) is 27.4 Å². The van der Waals surface area contributed by atoms with Gasteiger partial charge in [0, 0.05) is 11.1 Å². The number of amides is 1. The van der Waals surface area contributed by atoms with Crippen LogP contribution in [-0.4, -0.2) is 45.3 Å². The Morgan fingerprint density at radius 2 is 2.07 bits per heavy atom. The number of pyridine rings is 1. The monoisotopic (exact) mass is 384 g/mol. The van der Waals surface area contributed by atoms with Gasteiger partial charge in [0.15, 0.2) is 23.5 Å². The number of hydrogen-bond donors (Lipinski definition) is 1. The van der Waals surface area contributed by atoms with Crippen LogP contribution in [0.4, 0.5) is 15.0 Å². The van der Waals surface area contributed by atoms with Gasteiger partial charge >= 0.3 is 6.09 Å². The lowest BCUT2D eigenvalue weighted by Gasteiger charge is -2.23. The van der Waals surface area contributed by atoms with E-state index in [0.29, 0.717) is 24.2 Å². The van der Waals surface area contributed by atoms with Crippen LogP contribution in [0.2, 0.25) is 0 Å². The molecule has 0 aliphatic carbocycles. The van der Waals surface area contributed by atoms with Crippen molar-refractivity contribution in [3.63, 3.8) is 0 Å². The van der Waals surface area contributed by atoms with Gasteiger partial charge in [-0.25, -0.2) is 9.18 Å². The van der Waals surface area contributed by atoms with Gasteiger partial charge in [0.25, 0.3) is 0 Å². The summed E-state index contributed by atoms with van der Waals surface area (Å²) < 4.78 is 27.6. The van der Waals surface area contributed by atoms with Gasteiger partial charge in [-0.05, 0) is 18.2 Å². The van der Waals surface area contributed by atoms with Crippen LogP contribution in [0.3, 0.4) is 0 Å². The summed E-state index contributed by atoms with van der Waals surface area (Å²) in [5.41, 5.74) is 1.23. The molecule has 5 rings (SSSR count). The minimum atomic E-state index is -1.31. The molecule has 2 aliphatic rings. The average Bonchev–Trinajstić information content (AvgIpc) is 3.32. The van der Waals surface area contributed by atoms with Crippen LogP contribution >= 0.6 is 0 Å². The molecule has 9 nitrogen and oxygen atoms in total. The first-order valence-electron chi connectivity index (χ1n) is 8.47. The van der Waals surface area contributed by atoms with Crippen LogP contribution in [0.15, 0.2) is 24.5 Å². The quantitative estimate of drug-likeness (QED) is 0.641. The van der Waals surface area contributed by atoms with Gasteiger partial charge in [-0.3, -0.25) is 14.1 Å². The van der Waals surface area contributed by atoms with Crippen LogP contribution in [-0.2, 0) is 6.54 Å².